The van der Waals surface area contributed by atoms with Gasteiger partial charge < -0.3 is 5.11 Å². The van der Waals surface area contributed by atoms with Crippen molar-refractivity contribution in [3.63, 3.8) is 0 Å². The summed E-state index contributed by atoms with van der Waals surface area (Å²) in [5.74, 6) is 0.222. The fourth-order valence-corrected chi connectivity index (χ4v) is 3.57. The van der Waals surface area contributed by atoms with Crippen LogP contribution in [0.4, 0.5) is 0 Å². The zero-order valence-corrected chi connectivity index (χ0v) is 12.8. The molecule has 0 heterocycles. The molecule has 3 rings (SSSR count). The molecule has 0 saturated carbocycles. The van der Waals surface area contributed by atoms with Crippen molar-refractivity contribution in [2.75, 3.05) is 0 Å². The van der Waals surface area contributed by atoms with Crippen LogP contribution in [0.1, 0.15) is 47.9 Å². The first-order valence-corrected chi connectivity index (χ1v) is 8.11. The van der Waals surface area contributed by atoms with Gasteiger partial charge in [-0.3, -0.25) is 0 Å². The number of hydrogen-bond acceptors (Lipinski definition) is 1. The van der Waals surface area contributed by atoms with Crippen molar-refractivity contribution < 1.29 is 5.11 Å². The van der Waals surface area contributed by atoms with Gasteiger partial charge in [-0.25, -0.2) is 0 Å². The summed E-state index contributed by atoms with van der Waals surface area (Å²) in [5.41, 5.74) is 5.52. The topological polar surface area (TPSA) is 20.2 Å². The van der Waals surface area contributed by atoms with Crippen LogP contribution in [-0.2, 0) is 19.3 Å². The molecule has 0 amide bonds. The van der Waals surface area contributed by atoms with Crippen molar-refractivity contribution in [2.24, 2.45) is 0 Å². The van der Waals surface area contributed by atoms with E-state index in [4.69, 9.17) is 0 Å². The fourth-order valence-electron chi connectivity index (χ4n) is 3.57. The summed E-state index contributed by atoms with van der Waals surface area (Å²) in [6.07, 6.45) is 5.12. The normalized spacial score (nSPS) is 16.5. The predicted molar refractivity (Wildman–Crippen MR) is 87.7 cm³/mol. The minimum Gasteiger partial charge on any atom is -0.392 e. The van der Waals surface area contributed by atoms with Crippen molar-refractivity contribution in [1.29, 1.82) is 0 Å². The number of rotatable bonds is 5. The van der Waals surface area contributed by atoms with E-state index in [1.165, 1.54) is 41.5 Å². The maximum absolute atomic E-state index is 10.7. The van der Waals surface area contributed by atoms with Crippen LogP contribution in [-0.4, -0.2) is 11.2 Å². The van der Waals surface area contributed by atoms with Crippen molar-refractivity contribution in [1.82, 2.24) is 0 Å². The van der Waals surface area contributed by atoms with E-state index in [-0.39, 0.29) is 12.0 Å². The van der Waals surface area contributed by atoms with E-state index >= 15 is 0 Å². The summed E-state index contributed by atoms with van der Waals surface area (Å²) in [6, 6.07) is 17.2. The van der Waals surface area contributed by atoms with Gasteiger partial charge in [0.1, 0.15) is 0 Å². The molecule has 1 aliphatic carbocycles. The monoisotopic (exact) mass is 280 g/mol. The van der Waals surface area contributed by atoms with Crippen LogP contribution < -0.4 is 0 Å². The number of fused-ring (bicyclic) bond motifs is 1. The second kappa shape index (κ2) is 6.44. The summed E-state index contributed by atoms with van der Waals surface area (Å²) >= 11 is 0. The smallest absolute Gasteiger partial charge is 0.0648 e. The highest BCUT2D eigenvalue weighted by atomic mass is 16.3. The summed E-state index contributed by atoms with van der Waals surface area (Å²) in [5, 5.41) is 10.7. The first-order valence-electron chi connectivity index (χ1n) is 8.11. The Morgan fingerprint density at radius 3 is 2.52 bits per heavy atom. The minimum absolute atomic E-state index is 0.222. The lowest BCUT2D eigenvalue weighted by molar-refractivity contribution is 0.141. The van der Waals surface area contributed by atoms with Gasteiger partial charge in [-0.2, -0.15) is 0 Å². The number of aryl methyl sites for hydroxylation is 2. The first-order chi connectivity index (χ1) is 10.3. The molecule has 0 aromatic heterocycles. The van der Waals surface area contributed by atoms with Gasteiger partial charge in [0.25, 0.3) is 0 Å². The number of aliphatic hydroxyl groups excluding tert-OH is 1. The van der Waals surface area contributed by atoms with E-state index in [1.807, 2.05) is 6.07 Å². The highest BCUT2D eigenvalue weighted by Crippen LogP contribution is 2.28. The number of aliphatic hydroxyl groups is 1. The van der Waals surface area contributed by atoms with Crippen LogP contribution in [0, 0.1) is 0 Å². The highest BCUT2D eigenvalue weighted by Gasteiger charge is 2.20. The molecule has 0 spiro atoms. The van der Waals surface area contributed by atoms with Gasteiger partial charge in [-0.05, 0) is 54.4 Å². The van der Waals surface area contributed by atoms with Gasteiger partial charge in [-0.1, -0.05) is 55.5 Å². The van der Waals surface area contributed by atoms with Gasteiger partial charge in [0.15, 0.2) is 0 Å². The molecule has 2 aromatic carbocycles. The molecule has 0 saturated heterocycles. The highest BCUT2D eigenvalue weighted by molar-refractivity contribution is 5.35. The third-order valence-electron chi connectivity index (χ3n) is 4.74. The second-order valence-corrected chi connectivity index (χ2v) is 6.15. The average molecular weight is 280 g/mol. The Balaban J connectivity index is 1.74. The van der Waals surface area contributed by atoms with E-state index in [1.54, 1.807) is 0 Å². The van der Waals surface area contributed by atoms with Gasteiger partial charge >= 0.3 is 0 Å². The van der Waals surface area contributed by atoms with Crippen molar-refractivity contribution in [2.45, 2.75) is 51.0 Å². The molecule has 1 aliphatic rings. The Bertz CT molecular complexity index is 588. The predicted octanol–water partition coefficient (Wildman–Crippen LogP) is 4.27. The summed E-state index contributed by atoms with van der Waals surface area (Å²) < 4.78 is 0. The molecule has 21 heavy (non-hydrogen) atoms. The molecule has 0 fully saturated rings. The lowest BCUT2D eigenvalue weighted by Gasteiger charge is -2.22. The largest absolute Gasteiger partial charge is 0.392 e. The first kappa shape index (κ1) is 14.3. The summed E-state index contributed by atoms with van der Waals surface area (Å²) in [7, 11) is 0. The molecule has 1 heteroatoms. The van der Waals surface area contributed by atoms with Gasteiger partial charge in [-0.15, -0.1) is 0 Å². The molecule has 0 radical (unpaired) electrons. The molecule has 2 unspecified atom stereocenters. The summed E-state index contributed by atoms with van der Waals surface area (Å²) in [6.45, 7) is 2.16. The molecule has 0 aliphatic heterocycles. The molecule has 110 valence electrons. The maximum Gasteiger partial charge on any atom is 0.0648 e. The Morgan fingerprint density at radius 2 is 1.76 bits per heavy atom. The van der Waals surface area contributed by atoms with Crippen molar-refractivity contribution >= 4 is 0 Å². The quantitative estimate of drug-likeness (QED) is 0.867. The summed E-state index contributed by atoms with van der Waals surface area (Å²) in [4.78, 5) is 0. The zero-order valence-electron chi connectivity index (χ0n) is 12.8. The zero-order chi connectivity index (χ0) is 14.7. The SMILES string of the molecule is CCC(c1ccccc1)C(O)Cc1ccc2c(c1)CCC2. The Hall–Kier alpha value is -1.60. The minimum atomic E-state index is -0.308. The standard InChI is InChI=1S/C20H24O/c1-2-19(17-7-4-3-5-8-17)20(21)14-15-11-12-16-9-6-10-18(16)13-15/h3-5,7-8,11-13,19-21H,2,6,9-10,14H2,1H3. The van der Waals surface area contributed by atoms with E-state index in [0.29, 0.717) is 0 Å². The lowest BCUT2D eigenvalue weighted by atomic mass is 9.87. The van der Waals surface area contributed by atoms with Gasteiger partial charge in [0.05, 0.1) is 6.10 Å². The Kier molecular flexibility index (Phi) is 4.40. The van der Waals surface area contributed by atoms with Gasteiger partial charge in [0, 0.05) is 5.92 Å². The number of benzene rings is 2. The molecule has 2 atom stereocenters. The van der Waals surface area contributed by atoms with Crippen LogP contribution in [0.15, 0.2) is 48.5 Å². The molecule has 1 nitrogen and oxygen atoms in total. The van der Waals surface area contributed by atoms with Gasteiger partial charge in [0.2, 0.25) is 0 Å². The third kappa shape index (κ3) is 3.19. The molecule has 1 N–H and O–H groups in total. The van der Waals surface area contributed by atoms with Crippen LogP contribution >= 0.6 is 0 Å². The maximum atomic E-state index is 10.7. The van der Waals surface area contributed by atoms with Crippen LogP contribution in [0.5, 0.6) is 0 Å². The molecule has 2 aromatic rings. The van der Waals surface area contributed by atoms with Crippen molar-refractivity contribution in [3.05, 3.63) is 70.8 Å². The van der Waals surface area contributed by atoms with Crippen LogP contribution in [0.3, 0.4) is 0 Å². The van der Waals surface area contributed by atoms with Crippen LogP contribution in [0.2, 0.25) is 0 Å². The molecule has 0 bridgehead atoms. The number of hydrogen-bond donors (Lipinski definition) is 1. The second-order valence-electron chi connectivity index (χ2n) is 6.15. The Morgan fingerprint density at radius 1 is 1.00 bits per heavy atom. The van der Waals surface area contributed by atoms with Crippen LogP contribution in [0.25, 0.3) is 0 Å². The molecular weight excluding hydrogens is 256 g/mol. The third-order valence-corrected chi connectivity index (χ3v) is 4.74. The Labute approximate surface area is 127 Å². The van der Waals surface area contributed by atoms with E-state index < -0.39 is 0 Å². The average Bonchev–Trinajstić information content (AvgIpc) is 2.96. The fraction of sp³-hybridized carbons (Fsp3) is 0.400. The van der Waals surface area contributed by atoms with E-state index in [2.05, 4.69) is 49.4 Å². The van der Waals surface area contributed by atoms with Crippen molar-refractivity contribution in [3.8, 4) is 0 Å². The van der Waals surface area contributed by atoms with E-state index in [0.717, 1.165) is 12.8 Å². The van der Waals surface area contributed by atoms with E-state index in [9.17, 15) is 5.11 Å². The molecular formula is C20H24O. The lowest BCUT2D eigenvalue weighted by Crippen LogP contribution is -2.20.